The Morgan fingerprint density at radius 1 is 1.53 bits per heavy atom. The number of carbonyl (C=O) groups excluding carboxylic acids is 2. The third-order valence-electron chi connectivity index (χ3n) is 2.08. The van der Waals surface area contributed by atoms with Gasteiger partial charge < -0.3 is 9.53 Å². The van der Waals surface area contributed by atoms with Crippen LogP contribution in [0.1, 0.15) is 11.1 Å². The van der Waals surface area contributed by atoms with Gasteiger partial charge in [-0.15, -0.1) is 0 Å². The van der Waals surface area contributed by atoms with Crippen molar-refractivity contribution >= 4 is 23.9 Å². The molecule has 1 rings (SSSR count). The topological polar surface area (TPSA) is 43.4 Å². The first-order chi connectivity index (χ1) is 7.04. The number of hydrogen-bond acceptors (Lipinski definition) is 3. The van der Waals surface area contributed by atoms with E-state index < -0.39 is 10.8 Å². The number of hydrogen-bond donors (Lipinski definition) is 0. The Morgan fingerprint density at radius 3 is 2.67 bits per heavy atom. The van der Waals surface area contributed by atoms with Crippen molar-refractivity contribution in [2.24, 2.45) is 0 Å². The summed E-state index contributed by atoms with van der Waals surface area (Å²) >= 11 is 5.93. The van der Waals surface area contributed by atoms with Crippen molar-refractivity contribution < 1.29 is 14.3 Å². The molecule has 4 heteroatoms. The van der Waals surface area contributed by atoms with Gasteiger partial charge in [-0.05, 0) is 12.5 Å². The van der Waals surface area contributed by atoms with Crippen LogP contribution >= 0.6 is 11.6 Å². The van der Waals surface area contributed by atoms with Crippen LogP contribution in [0.2, 0.25) is 0 Å². The highest BCUT2D eigenvalue weighted by Gasteiger charge is 2.39. The minimum atomic E-state index is -1.74. The van der Waals surface area contributed by atoms with Crippen LogP contribution in [0.4, 0.5) is 0 Å². The molecule has 0 radical (unpaired) electrons. The summed E-state index contributed by atoms with van der Waals surface area (Å²) in [6.07, 6.45) is 0.384. The summed E-state index contributed by atoms with van der Waals surface area (Å²) in [6.45, 7) is 1.85. The van der Waals surface area contributed by atoms with Crippen LogP contribution in [0.3, 0.4) is 0 Å². The Labute approximate surface area is 93.0 Å². The molecular formula is C11H11ClO3. The zero-order valence-electron chi connectivity index (χ0n) is 8.49. The molecule has 0 aromatic heterocycles. The van der Waals surface area contributed by atoms with Crippen molar-refractivity contribution in [1.29, 1.82) is 0 Å². The van der Waals surface area contributed by atoms with Crippen molar-refractivity contribution in [2.45, 2.75) is 11.8 Å². The maximum Gasteiger partial charge on any atom is 0.339 e. The van der Waals surface area contributed by atoms with Crippen LogP contribution in [0.25, 0.3) is 0 Å². The minimum Gasteiger partial charge on any atom is -0.467 e. The average molecular weight is 227 g/mol. The Kier molecular flexibility index (Phi) is 3.48. The standard InChI is InChI=1S/C11H11ClO3/c1-8-4-3-5-9(6-8)11(12,7-13)10(14)15-2/h3-7H,1-2H3/t11-/m1/s1. The monoisotopic (exact) mass is 226 g/mol. The van der Waals surface area contributed by atoms with Crippen molar-refractivity contribution in [1.82, 2.24) is 0 Å². The number of ether oxygens (including phenoxy) is 1. The first-order valence-corrected chi connectivity index (χ1v) is 4.73. The minimum absolute atomic E-state index is 0.384. The largest absolute Gasteiger partial charge is 0.467 e. The van der Waals surface area contributed by atoms with Crippen LogP contribution < -0.4 is 0 Å². The molecule has 0 aliphatic heterocycles. The van der Waals surface area contributed by atoms with Gasteiger partial charge >= 0.3 is 5.97 Å². The summed E-state index contributed by atoms with van der Waals surface area (Å²) in [5.41, 5.74) is 1.34. The molecule has 15 heavy (non-hydrogen) atoms. The number of esters is 1. The summed E-state index contributed by atoms with van der Waals surface area (Å²) in [6, 6.07) is 6.88. The highest BCUT2D eigenvalue weighted by atomic mass is 35.5. The molecule has 3 nitrogen and oxygen atoms in total. The zero-order chi connectivity index (χ0) is 11.5. The van der Waals surface area contributed by atoms with Gasteiger partial charge in [-0.1, -0.05) is 41.4 Å². The molecule has 80 valence electrons. The molecule has 0 amide bonds. The molecule has 0 spiro atoms. The Bertz CT molecular complexity index is 389. The van der Waals surface area contributed by atoms with Gasteiger partial charge in [0.1, 0.15) is 0 Å². The van der Waals surface area contributed by atoms with Gasteiger partial charge in [0, 0.05) is 0 Å². The highest BCUT2D eigenvalue weighted by molar-refractivity contribution is 6.42. The van der Waals surface area contributed by atoms with E-state index in [1.807, 2.05) is 13.0 Å². The molecule has 0 saturated heterocycles. The predicted molar refractivity (Wildman–Crippen MR) is 56.8 cm³/mol. The van der Waals surface area contributed by atoms with Crippen LogP contribution in [-0.4, -0.2) is 19.4 Å². The van der Waals surface area contributed by atoms with Crippen LogP contribution in [0.15, 0.2) is 24.3 Å². The molecular weight excluding hydrogens is 216 g/mol. The summed E-state index contributed by atoms with van der Waals surface area (Å²) in [5, 5.41) is 0. The number of aryl methyl sites for hydroxylation is 1. The van der Waals surface area contributed by atoms with Gasteiger partial charge in [0.25, 0.3) is 0 Å². The summed E-state index contributed by atoms with van der Waals surface area (Å²) in [5.74, 6) is -0.773. The van der Waals surface area contributed by atoms with Crippen molar-refractivity contribution in [2.75, 3.05) is 7.11 Å². The molecule has 0 N–H and O–H groups in total. The van der Waals surface area contributed by atoms with Crippen LogP contribution in [-0.2, 0) is 19.2 Å². The fourth-order valence-corrected chi connectivity index (χ4v) is 1.45. The quantitative estimate of drug-likeness (QED) is 0.342. The third-order valence-corrected chi connectivity index (χ3v) is 2.54. The number of carbonyl (C=O) groups is 2. The van der Waals surface area contributed by atoms with E-state index in [-0.39, 0.29) is 0 Å². The van der Waals surface area contributed by atoms with E-state index in [1.54, 1.807) is 18.2 Å². The SMILES string of the molecule is COC(=O)[C@@](Cl)(C=O)c1cccc(C)c1. The normalized spacial score (nSPS) is 14.1. The predicted octanol–water partition coefficient (Wildman–Crippen LogP) is 1.80. The number of halogens is 1. The lowest BCUT2D eigenvalue weighted by atomic mass is 9.98. The molecule has 0 heterocycles. The fraction of sp³-hybridized carbons (Fsp3) is 0.273. The highest BCUT2D eigenvalue weighted by Crippen LogP contribution is 2.28. The molecule has 0 aliphatic carbocycles. The lowest BCUT2D eigenvalue weighted by Crippen LogP contribution is -2.32. The first kappa shape index (κ1) is 11.7. The Balaban J connectivity index is 3.22. The molecule has 1 atom stereocenters. The second kappa shape index (κ2) is 4.45. The summed E-state index contributed by atoms with van der Waals surface area (Å²) in [4.78, 5) is 20.6. The second-order valence-corrected chi connectivity index (χ2v) is 3.79. The summed E-state index contributed by atoms with van der Waals surface area (Å²) < 4.78 is 4.50. The molecule has 0 saturated carbocycles. The molecule has 1 aromatic carbocycles. The van der Waals surface area contributed by atoms with E-state index in [2.05, 4.69) is 4.74 Å². The van der Waals surface area contributed by atoms with Crippen molar-refractivity contribution in [3.63, 3.8) is 0 Å². The van der Waals surface area contributed by atoms with E-state index >= 15 is 0 Å². The van der Waals surface area contributed by atoms with Crippen molar-refractivity contribution in [3.05, 3.63) is 35.4 Å². The van der Waals surface area contributed by atoms with Crippen molar-refractivity contribution in [3.8, 4) is 0 Å². The first-order valence-electron chi connectivity index (χ1n) is 4.35. The fourth-order valence-electron chi connectivity index (χ4n) is 1.25. The maximum atomic E-state index is 11.4. The Hall–Kier alpha value is -1.35. The summed E-state index contributed by atoms with van der Waals surface area (Å²) in [7, 11) is 1.19. The van der Waals surface area contributed by atoms with E-state index in [9.17, 15) is 9.59 Å². The Morgan fingerprint density at radius 2 is 2.20 bits per heavy atom. The van der Waals surface area contributed by atoms with E-state index in [0.717, 1.165) is 5.56 Å². The van der Waals surface area contributed by atoms with Crippen LogP contribution in [0.5, 0.6) is 0 Å². The average Bonchev–Trinajstić information content (AvgIpc) is 2.26. The zero-order valence-corrected chi connectivity index (χ0v) is 9.25. The van der Waals surface area contributed by atoms with Gasteiger partial charge in [-0.3, -0.25) is 0 Å². The lowest BCUT2D eigenvalue weighted by Gasteiger charge is -2.18. The number of rotatable bonds is 3. The lowest BCUT2D eigenvalue weighted by molar-refractivity contribution is -0.145. The number of alkyl halides is 1. The van der Waals surface area contributed by atoms with Gasteiger partial charge in [-0.2, -0.15) is 0 Å². The molecule has 0 bridgehead atoms. The van der Waals surface area contributed by atoms with Gasteiger partial charge in [0.15, 0.2) is 6.29 Å². The van der Waals surface area contributed by atoms with E-state index in [0.29, 0.717) is 11.8 Å². The van der Waals surface area contributed by atoms with Gasteiger partial charge in [0.2, 0.25) is 4.87 Å². The number of aldehydes is 1. The van der Waals surface area contributed by atoms with Gasteiger partial charge in [0.05, 0.1) is 7.11 Å². The third kappa shape index (κ3) is 2.18. The molecule has 0 aliphatic rings. The van der Waals surface area contributed by atoms with Crippen LogP contribution in [0, 0.1) is 6.92 Å². The van der Waals surface area contributed by atoms with Gasteiger partial charge in [-0.25, -0.2) is 4.79 Å². The number of benzene rings is 1. The second-order valence-electron chi connectivity index (χ2n) is 3.19. The van der Waals surface area contributed by atoms with E-state index in [1.165, 1.54) is 7.11 Å². The molecule has 0 unspecified atom stereocenters. The molecule has 0 fully saturated rings. The van der Waals surface area contributed by atoms with E-state index in [4.69, 9.17) is 11.6 Å². The maximum absolute atomic E-state index is 11.4. The smallest absolute Gasteiger partial charge is 0.339 e. The molecule has 1 aromatic rings. The number of methoxy groups -OCH3 is 1.